The average Bonchev–Trinajstić information content (AvgIpc) is 2.31. The highest BCUT2D eigenvalue weighted by molar-refractivity contribution is 6.34. The Morgan fingerprint density at radius 2 is 2.06 bits per heavy atom. The van der Waals surface area contributed by atoms with E-state index in [-0.39, 0.29) is 0 Å². The molecule has 0 bridgehead atoms. The van der Waals surface area contributed by atoms with Crippen LogP contribution in [0.2, 0.25) is 0 Å². The third-order valence-electron chi connectivity index (χ3n) is 1.79. The van der Waals surface area contributed by atoms with Crippen LogP contribution in [0.15, 0.2) is 29.4 Å². The molecule has 0 aliphatic rings. The van der Waals surface area contributed by atoms with Crippen LogP contribution in [0.5, 0.6) is 5.75 Å². The van der Waals surface area contributed by atoms with E-state index >= 15 is 0 Å². The van der Waals surface area contributed by atoms with Gasteiger partial charge in [0.05, 0.1) is 12.8 Å². The Morgan fingerprint density at radius 1 is 1.41 bits per heavy atom. The van der Waals surface area contributed by atoms with Crippen LogP contribution < -0.4 is 15.9 Å². The molecule has 0 fully saturated rings. The van der Waals surface area contributed by atoms with Crippen LogP contribution in [0.4, 0.5) is 0 Å². The van der Waals surface area contributed by atoms with Gasteiger partial charge in [-0.3, -0.25) is 9.59 Å². The summed E-state index contributed by atoms with van der Waals surface area (Å²) < 4.78 is 5.26. The first-order valence-corrected chi connectivity index (χ1v) is 4.99. The number of carbonyl (C=O) groups is 2. The summed E-state index contributed by atoms with van der Waals surface area (Å²) in [5, 5.41) is 3.57. The summed E-state index contributed by atoms with van der Waals surface area (Å²) in [6.45, 7) is 2.50. The molecule has 1 aromatic carbocycles. The quantitative estimate of drug-likeness (QED) is 0.437. The molecule has 1 rings (SSSR count). The van der Waals surface area contributed by atoms with Gasteiger partial charge in [-0.1, -0.05) is 0 Å². The number of hydrogen-bond acceptors (Lipinski definition) is 4. The second-order valence-corrected chi connectivity index (χ2v) is 3.07. The van der Waals surface area contributed by atoms with E-state index in [1.54, 1.807) is 24.3 Å². The predicted molar refractivity (Wildman–Crippen MR) is 62.5 cm³/mol. The first-order valence-electron chi connectivity index (χ1n) is 4.99. The van der Waals surface area contributed by atoms with E-state index in [0.29, 0.717) is 6.61 Å². The van der Waals surface area contributed by atoms with Crippen molar-refractivity contribution >= 4 is 18.0 Å². The SMILES string of the molecule is CCOc1ccc(/C=N/NC(=O)C(N)=O)cc1. The average molecular weight is 235 g/mol. The molecule has 17 heavy (non-hydrogen) atoms. The second kappa shape index (κ2) is 6.26. The van der Waals surface area contributed by atoms with Crippen molar-refractivity contribution < 1.29 is 14.3 Å². The lowest BCUT2D eigenvalue weighted by molar-refractivity contribution is -0.137. The number of hydrogen-bond donors (Lipinski definition) is 2. The maximum atomic E-state index is 10.8. The zero-order chi connectivity index (χ0) is 12.7. The lowest BCUT2D eigenvalue weighted by Gasteiger charge is -2.01. The normalized spacial score (nSPS) is 10.2. The van der Waals surface area contributed by atoms with Crippen molar-refractivity contribution in [2.24, 2.45) is 10.8 Å². The van der Waals surface area contributed by atoms with Gasteiger partial charge in [0.2, 0.25) is 0 Å². The Hall–Kier alpha value is -2.37. The number of nitrogens with zero attached hydrogens (tertiary/aromatic N) is 1. The van der Waals surface area contributed by atoms with Crippen molar-refractivity contribution in [2.45, 2.75) is 6.92 Å². The molecule has 6 nitrogen and oxygen atoms in total. The molecule has 0 radical (unpaired) electrons. The molecule has 3 N–H and O–H groups in total. The maximum absolute atomic E-state index is 10.8. The van der Waals surface area contributed by atoms with Crippen LogP contribution >= 0.6 is 0 Å². The van der Waals surface area contributed by atoms with E-state index in [9.17, 15) is 9.59 Å². The van der Waals surface area contributed by atoms with Crippen molar-refractivity contribution in [3.05, 3.63) is 29.8 Å². The lowest BCUT2D eigenvalue weighted by atomic mass is 10.2. The number of carbonyl (C=O) groups excluding carboxylic acids is 2. The summed E-state index contributed by atoms with van der Waals surface area (Å²) in [5.41, 5.74) is 7.48. The molecular weight excluding hydrogens is 222 g/mol. The fourth-order valence-corrected chi connectivity index (χ4v) is 1.04. The van der Waals surface area contributed by atoms with Crippen LogP contribution in [-0.4, -0.2) is 24.6 Å². The summed E-state index contributed by atoms with van der Waals surface area (Å²) in [6, 6.07) is 7.09. The maximum Gasteiger partial charge on any atom is 0.329 e. The van der Waals surface area contributed by atoms with E-state index in [2.05, 4.69) is 5.10 Å². The van der Waals surface area contributed by atoms with Gasteiger partial charge < -0.3 is 10.5 Å². The smallest absolute Gasteiger partial charge is 0.329 e. The minimum Gasteiger partial charge on any atom is -0.494 e. The van der Waals surface area contributed by atoms with Gasteiger partial charge in [-0.15, -0.1) is 0 Å². The second-order valence-electron chi connectivity index (χ2n) is 3.07. The van der Waals surface area contributed by atoms with E-state index in [0.717, 1.165) is 11.3 Å². The third kappa shape index (κ3) is 4.33. The van der Waals surface area contributed by atoms with Crippen LogP contribution in [0, 0.1) is 0 Å². The van der Waals surface area contributed by atoms with E-state index < -0.39 is 11.8 Å². The van der Waals surface area contributed by atoms with Gasteiger partial charge in [0.1, 0.15) is 5.75 Å². The van der Waals surface area contributed by atoms with Crippen LogP contribution in [0.3, 0.4) is 0 Å². The van der Waals surface area contributed by atoms with Crippen molar-refractivity contribution in [3.63, 3.8) is 0 Å². The zero-order valence-corrected chi connectivity index (χ0v) is 9.34. The number of rotatable bonds is 4. The van der Waals surface area contributed by atoms with Gasteiger partial charge in [-0.05, 0) is 36.8 Å². The molecule has 6 heteroatoms. The molecule has 90 valence electrons. The van der Waals surface area contributed by atoms with Crippen LogP contribution in [0.1, 0.15) is 12.5 Å². The number of hydrazone groups is 1. The summed E-state index contributed by atoms with van der Waals surface area (Å²) >= 11 is 0. The standard InChI is InChI=1S/C11H13N3O3/c1-2-17-9-5-3-8(4-6-9)7-13-14-11(16)10(12)15/h3-7H,2H2,1H3,(H2,12,15)(H,14,16)/b13-7+. The van der Waals surface area contributed by atoms with Crippen molar-refractivity contribution in [1.29, 1.82) is 0 Å². The van der Waals surface area contributed by atoms with Gasteiger partial charge >= 0.3 is 11.8 Å². The Kier molecular flexibility index (Phi) is 4.68. The van der Waals surface area contributed by atoms with Gasteiger partial charge in [0.15, 0.2) is 0 Å². The molecule has 0 atom stereocenters. The number of primary amides is 1. The number of ether oxygens (including phenoxy) is 1. The van der Waals surface area contributed by atoms with Crippen LogP contribution in [0.25, 0.3) is 0 Å². The highest BCUT2D eigenvalue weighted by atomic mass is 16.5. The topological polar surface area (TPSA) is 93.8 Å². The number of benzene rings is 1. The molecule has 0 unspecified atom stereocenters. The Balaban J connectivity index is 2.54. The fourth-order valence-electron chi connectivity index (χ4n) is 1.04. The summed E-state index contributed by atoms with van der Waals surface area (Å²) in [6.07, 6.45) is 1.40. The largest absolute Gasteiger partial charge is 0.494 e. The molecule has 1 aromatic rings. The fraction of sp³-hybridized carbons (Fsp3) is 0.182. The van der Waals surface area contributed by atoms with Gasteiger partial charge in [0, 0.05) is 0 Å². The molecule has 0 aliphatic heterocycles. The minimum absolute atomic E-state index is 0.599. The first kappa shape index (κ1) is 12.7. The molecular formula is C11H13N3O3. The molecule has 0 heterocycles. The summed E-state index contributed by atoms with van der Waals surface area (Å²) in [7, 11) is 0. The zero-order valence-electron chi connectivity index (χ0n) is 9.34. The predicted octanol–water partition coefficient (Wildman–Crippen LogP) is 0.0207. The summed E-state index contributed by atoms with van der Waals surface area (Å²) in [4.78, 5) is 21.1. The third-order valence-corrected chi connectivity index (χ3v) is 1.79. The molecule has 0 aromatic heterocycles. The van der Waals surface area contributed by atoms with Gasteiger partial charge in [-0.2, -0.15) is 5.10 Å². The monoisotopic (exact) mass is 235 g/mol. The highest BCUT2D eigenvalue weighted by Crippen LogP contribution is 2.10. The molecule has 0 aliphatic carbocycles. The summed E-state index contributed by atoms with van der Waals surface area (Å²) in [5.74, 6) is -1.27. The first-order chi connectivity index (χ1) is 8.13. The Bertz CT molecular complexity index is 426. The number of nitrogens with two attached hydrogens (primary N) is 1. The van der Waals surface area contributed by atoms with E-state index in [1.165, 1.54) is 6.21 Å². The van der Waals surface area contributed by atoms with Gasteiger partial charge in [-0.25, -0.2) is 5.43 Å². The Morgan fingerprint density at radius 3 is 2.59 bits per heavy atom. The van der Waals surface area contributed by atoms with Crippen molar-refractivity contribution in [3.8, 4) is 5.75 Å². The van der Waals surface area contributed by atoms with Crippen molar-refractivity contribution in [2.75, 3.05) is 6.61 Å². The van der Waals surface area contributed by atoms with E-state index in [1.807, 2.05) is 12.3 Å². The van der Waals surface area contributed by atoms with E-state index in [4.69, 9.17) is 10.5 Å². The Labute approximate surface area is 98.4 Å². The number of amides is 2. The number of nitrogens with one attached hydrogen (secondary N) is 1. The highest BCUT2D eigenvalue weighted by Gasteiger charge is 2.05. The van der Waals surface area contributed by atoms with Gasteiger partial charge in [0.25, 0.3) is 0 Å². The molecule has 0 saturated carbocycles. The van der Waals surface area contributed by atoms with Crippen LogP contribution in [-0.2, 0) is 9.59 Å². The molecule has 0 spiro atoms. The molecule has 2 amide bonds. The minimum atomic E-state index is -1.08. The lowest BCUT2D eigenvalue weighted by Crippen LogP contribution is -2.32. The molecule has 0 saturated heterocycles. The van der Waals surface area contributed by atoms with Crippen molar-refractivity contribution in [1.82, 2.24) is 5.43 Å².